The van der Waals surface area contributed by atoms with E-state index in [1.165, 1.54) is 0 Å². The van der Waals surface area contributed by atoms with E-state index in [0.29, 0.717) is 28.7 Å². The Hall–Kier alpha value is -3.42. The van der Waals surface area contributed by atoms with Crippen LogP contribution in [-0.2, 0) is 12.2 Å². The predicted octanol–water partition coefficient (Wildman–Crippen LogP) is 4.74. The van der Waals surface area contributed by atoms with Crippen LogP contribution in [0, 0.1) is 0 Å². The third-order valence-corrected chi connectivity index (χ3v) is 5.89. The molecule has 0 bridgehead atoms. The largest absolute Gasteiger partial charge is 0.479 e. The Balaban J connectivity index is 1.70. The minimum Gasteiger partial charge on any atom is -0.479 e. The Labute approximate surface area is 194 Å². The van der Waals surface area contributed by atoms with Crippen LogP contribution in [0.25, 0.3) is 11.5 Å². The highest BCUT2D eigenvalue weighted by Gasteiger charge is 2.28. The maximum absolute atomic E-state index is 14.6. The smallest absolute Gasteiger partial charge is 0.238 e. The zero-order chi connectivity index (χ0) is 23.8. The van der Waals surface area contributed by atoms with Crippen LogP contribution in [0.2, 0.25) is 0 Å². The van der Waals surface area contributed by atoms with Gasteiger partial charge in [0.1, 0.15) is 22.9 Å². The van der Waals surface area contributed by atoms with Gasteiger partial charge in [0.05, 0.1) is 7.11 Å². The first-order valence-corrected chi connectivity index (χ1v) is 11.1. The fraction of sp³-hybridized carbons (Fsp3) is 0.400. The molecule has 0 radical (unpaired) electrons. The van der Waals surface area contributed by atoms with Gasteiger partial charge >= 0.3 is 0 Å². The average molecular weight is 451 g/mol. The number of anilines is 1. The number of halogens is 1. The van der Waals surface area contributed by atoms with Gasteiger partial charge in [-0.3, -0.25) is 0 Å². The topological polar surface area (TPSA) is 82.1 Å². The van der Waals surface area contributed by atoms with Gasteiger partial charge in [0.15, 0.2) is 5.82 Å². The van der Waals surface area contributed by atoms with Crippen molar-refractivity contribution in [3.8, 4) is 17.4 Å². The molecule has 2 N–H and O–H groups in total. The number of alkyl halides is 1. The summed E-state index contributed by atoms with van der Waals surface area (Å²) in [5, 5.41) is 4.73. The lowest BCUT2D eigenvalue weighted by molar-refractivity contribution is 0.221. The Kier molecular flexibility index (Phi) is 6.10. The van der Waals surface area contributed by atoms with Gasteiger partial charge in [-0.05, 0) is 56.9 Å². The Bertz CT molecular complexity index is 1180. The number of aromatic nitrogens is 4. The molecular weight excluding hydrogens is 419 g/mol. The van der Waals surface area contributed by atoms with E-state index in [1.807, 2.05) is 66.2 Å². The molecule has 1 aliphatic rings. The molecule has 0 saturated carbocycles. The molecule has 1 aromatic carbocycles. The highest BCUT2D eigenvalue weighted by Crippen LogP contribution is 2.36. The normalized spacial score (nSPS) is 16.4. The van der Waals surface area contributed by atoms with Crippen molar-refractivity contribution in [1.82, 2.24) is 19.7 Å². The summed E-state index contributed by atoms with van der Waals surface area (Å²) >= 11 is 0. The first-order chi connectivity index (χ1) is 15.7. The summed E-state index contributed by atoms with van der Waals surface area (Å²) in [5.74, 6) is 1.97. The number of nitrogens with zero attached hydrogens (tertiary/aromatic N) is 5. The summed E-state index contributed by atoms with van der Waals surface area (Å²) in [5.41, 5.74) is 8.25. The molecule has 0 fully saturated rings. The van der Waals surface area contributed by atoms with Gasteiger partial charge in [-0.1, -0.05) is 24.3 Å². The summed E-state index contributed by atoms with van der Waals surface area (Å²) in [4.78, 5) is 11.4. The van der Waals surface area contributed by atoms with E-state index in [2.05, 4.69) is 4.98 Å². The molecule has 174 valence electrons. The fourth-order valence-electron chi connectivity index (χ4n) is 4.25. The van der Waals surface area contributed by atoms with E-state index >= 15 is 0 Å². The molecule has 33 heavy (non-hydrogen) atoms. The summed E-state index contributed by atoms with van der Waals surface area (Å²) < 4.78 is 22.0. The van der Waals surface area contributed by atoms with Gasteiger partial charge in [-0.25, -0.2) is 19.0 Å². The van der Waals surface area contributed by atoms with Crippen molar-refractivity contribution < 1.29 is 9.13 Å². The van der Waals surface area contributed by atoms with E-state index < -0.39 is 5.67 Å². The second-order valence-electron chi connectivity index (χ2n) is 9.02. The minimum absolute atomic E-state index is 0.0623. The summed E-state index contributed by atoms with van der Waals surface area (Å²) in [6.07, 6.45) is 3.73. The monoisotopic (exact) mass is 450 g/mol. The number of fused-ring (bicyclic) bond motifs is 1. The lowest BCUT2D eigenvalue weighted by atomic mass is 9.88. The highest BCUT2D eigenvalue weighted by atomic mass is 19.1. The van der Waals surface area contributed by atoms with Gasteiger partial charge in [0.2, 0.25) is 5.88 Å². The quantitative estimate of drug-likeness (QED) is 0.584. The van der Waals surface area contributed by atoms with Crippen molar-refractivity contribution in [3.05, 3.63) is 65.2 Å². The first kappa shape index (κ1) is 22.8. The van der Waals surface area contributed by atoms with Crippen molar-refractivity contribution in [2.45, 2.75) is 51.7 Å². The van der Waals surface area contributed by atoms with Gasteiger partial charge in [0.25, 0.3) is 0 Å². The Morgan fingerprint density at radius 2 is 2.06 bits per heavy atom. The van der Waals surface area contributed by atoms with E-state index in [1.54, 1.807) is 21.0 Å². The summed E-state index contributed by atoms with van der Waals surface area (Å²) in [7, 11) is 3.48. The van der Waals surface area contributed by atoms with Crippen molar-refractivity contribution in [3.63, 3.8) is 0 Å². The molecule has 0 amide bonds. The molecule has 2 aromatic heterocycles. The zero-order valence-electron chi connectivity index (χ0n) is 19.8. The van der Waals surface area contributed by atoms with Gasteiger partial charge in [-0.2, -0.15) is 0 Å². The number of ether oxygens (including phenoxy) is 1. The molecule has 0 unspecified atom stereocenters. The van der Waals surface area contributed by atoms with Crippen molar-refractivity contribution >= 4 is 5.69 Å². The van der Waals surface area contributed by atoms with Crippen LogP contribution in [0.4, 0.5) is 10.1 Å². The number of aryl methyl sites for hydroxylation is 1. The molecule has 3 heterocycles. The minimum atomic E-state index is -1.39. The Morgan fingerprint density at radius 3 is 2.76 bits per heavy atom. The number of nitrogens with two attached hydrogens (primary N) is 1. The molecular formula is C25H31FN6O. The molecule has 1 atom stereocenters. The number of hydrogen-bond acceptors (Lipinski definition) is 6. The second kappa shape index (κ2) is 8.84. The molecule has 7 nitrogen and oxygen atoms in total. The lowest BCUT2D eigenvalue weighted by Crippen LogP contribution is -2.18. The van der Waals surface area contributed by atoms with Gasteiger partial charge in [-0.15, -0.1) is 5.10 Å². The van der Waals surface area contributed by atoms with Crippen molar-refractivity contribution in [1.29, 1.82) is 0 Å². The third kappa shape index (κ3) is 4.69. The maximum Gasteiger partial charge on any atom is 0.238 e. The molecule has 1 aliphatic heterocycles. The van der Waals surface area contributed by atoms with Crippen LogP contribution >= 0.6 is 0 Å². The SMILES string of the molecule is COc1nc(-c2nc3n(n2)CCC[C@H]3c2cccc(C(C)(C)F)c2)ccc1N(C)/C=C(/C)N. The van der Waals surface area contributed by atoms with Crippen LogP contribution < -0.4 is 15.4 Å². The zero-order valence-corrected chi connectivity index (χ0v) is 19.8. The second-order valence-corrected chi connectivity index (χ2v) is 9.02. The highest BCUT2D eigenvalue weighted by molar-refractivity contribution is 5.62. The molecule has 4 rings (SSSR count). The number of benzene rings is 1. The number of rotatable bonds is 6. The molecule has 0 saturated heterocycles. The third-order valence-electron chi connectivity index (χ3n) is 5.89. The first-order valence-electron chi connectivity index (χ1n) is 11.1. The number of hydrogen-bond donors (Lipinski definition) is 1. The standard InChI is InChI=1S/C25H31FN6O/c1-16(27)15-31(4)21-12-11-20(28-24(21)33-5)22-29-23-19(10-7-13-32(23)30-22)17-8-6-9-18(14-17)25(2,3)26/h6,8-9,11-12,14-15,19H,7,10,13,27H2,1-5H3/b16-15-/t19-/m0/s1. The molecule has 0 spiro atoms. The molecule has 8 heteroatoms. The van der Waals surface area contributed by atoms with Crippen molar-refractivity contribution in [2.24, 2.45) is 5.73 Å². The maximum atomic E-state index is 14.6. The van der Waals surface area contributed by atoms with Crippen LogP contribution in [0.15, 0.2) is 48.3 Å². The lowest BCUT2D eigenvalue weighted by Gasteiger charge is -2.24. The molecule has 0 aliphatic carbocycles. The van der Waals surface area contributed by atoms with E-state index in [-0.39, 0.29) is 5.92 Å². The summed E-state index contributed by atoms with van der Waals surface area (Å²) in [6, 6.07) is 11.6. The van der Waals surface area contributed by atoms with Crippen LogP contribution in [0.1, 0.15) is 56.5 Å². The average Bonchev–Trinajstić information content (AvgIpc) is 3.22. The fourth-order valence-corrected chi connectivity index (χ4v) is 4.25. The van der Waals surface area contributed by atoms with Gasteiger partial charge in [0, 0.05) is 31.4 Å². The van der Waals surface area contributed by atoms with E-state index in [4.69, 9.17) is 20.6 Å². The number of allylic oxidation sites excluding steroid dienone is 1. The van der Waals surface area contributed by atoms with Crippen molar-refractivity contribution in [2.75, 3.05) is 19.1 Å². The number of methoxy groups -OCH3 is 1. The summed E-state index contributed by atoms with van der Waals surface area (Å²) in [6.45, 7) is 5.79. The van der Waals surface area contributed by atoms with Crippen LogP contribution in [0.3, 0.4) is 0 Å². The van der Waals surface area contributed by atoms with Crippen LogP contribution in [0.5, 0.6) is 5.88 Å². The number of pyridine rings is 1. The van der Waals surface area contributed by atoms with Crippen LogP contribution in [-0.4, -0.2) is 33.9 Å². The van der Waals surface area contributed by atoms with E-state index in [0.717, 1.165) is 36.5 Å². The molecule has 3 aromatic rings. The van der Waals surface area contributed by atoms with Gasteiger partial charge < -0.3 is 15.4 Å². The van der Waals surface area contributed by atoms with E-state index in [9.17, 15) is 4.39 Å². The Morgan fingerprint density at radius 1 is 1.27 bits per heavy atom. The predicted molar refractivity (Wildman–Crippen MR) is 128 cm³/mol.